The molecule has 0 bridgehead atoms. The van der Waals surface area contributed by atoms with E-state index in [1.165, 1.54) is 0 Å². The zero-order valence-electron chi connectivity index (χ0n) is 12.4. The smallest absolute Gasteiger partial charge is 0.110 e. The molecule has 0 radical (unpaired) electrons. The lowest BCUT2D eigenvalue weighted by molar-refractivity contribution is 0.512. The molecule has 1 aromatic carbocycles. The fourth-order valence-corrected chi connectivity index (χ4v) is 2.58. The van der Waals surface area contributed by atoms with E-state index in [-0.39, 0.29) is 6.04 Å². The normalized spacial score (nSPS) is 12.6. The number of halogens is 1. The third kappa shape index (κ3) is 3.41. The van der Waals surface area contributed by atoms with Crippen molar-refractivity contribution < 1.29 is 0 Å². The summed E-state index contributed by atoms with van der Waals surface area (Å²) in [6, 6.07) is 6.41. The summed E-state index contributed by atoms with van der Waals surface area (Å²) in [6.07, 6.45) is 5.75. The van der Waals surface area contributed by atoms with Gasteiger partial charge in [0, 0.05) is 36.9 Å². The van der Waals surface area contributed by atoms with Crippen molar-refractivity contribution in [3.8, 4) is 0 Å². The zero-order valence-corrected chi connectivity index (χ0v) is 13.1. The van der Waals surface area contributed by atoms with Gasteiger partial charge in [0.25, 0.3) is 0 Å². The molecule has 0 fully saturated rings. The van der Waals surface area contributed by atoms with Gasteiger partial charge in [-0.25, -0.2) is 4.98 Å². The number of nitrogens with one attached hydrogen (secondary N) is 1. The highest BCUT2D eigenvalue weighted by molar-refractivity contribution is 6.32. The summed E-state index contributed by atoms with van der Waals surface area (Å²) in [5.41, 5.74) is 2.27. The van der Waals surface area contributed by atoms with E-state index < -0.39 is 0 Å². The number of hydrogen-bond donors (Lipinski definition) is 1. The van der Waals surface area contributed by atoms with E-state index in [4.69, 9.17) is 11.6 Å². The average Bonchev–Trinajstić information content (AvgIpc) is 2.83. The first kappa shape index (κ1) is 15.1. The number of nitrogens with zero attached hydrogens (tertiary/aromatic N) is 2. The Labute approximate surface area is 126 Å². The fraction of sp³-hybridized carbons (Fsp3) is 0.438. The van der Waals surface area contributed by atoms with E-state index in [2.05, 4.69) is 33.9 Å². The van der Waals surface area contributed by atoms with Crippen LogP contribution < -0.4 is 5.32 Å². The molecule has 0 aliphatic carbocycles. The van der Waals surface area contributed by atoms with Gasteiger partial charge in [-0.2, -0.15) is 0 Å². The molecule has 1 atom stereocenters. The van der Waals surface area contributed by atoms with Crippen LogP contribution in [0.5, 0.6) is 0 Å². The first-order chi connectivity index (χ1) is 9.63. The lowest BCUT2D eigenvalue weighted by Gasteiger charge is -2.21. The Morgan fingerprint density at radius 1 is 1.40 bits per heavy atom. The van der Waals surface area contributed by atoms with Crippen LogP contribution in [-0.4, -0.2) is 16.1 Å². The van der Waals surface area contributed by atoms with Crippen LogP contribution in [0.2, 0.25) is 5.02 Å². The predicted molar refractivity (Wildman–Crippen MR) is 84.1 cm³/mol. The van der Waals surface area contributed by atoms with E-state index >= 15 is 0 Å². The predicted octanol–water partition coefficient (Wildman–Crippen LogP) is 3.67. The molecular formula is C16H22ClN3. The highest BCUT2D eigenvalue weighted by atomic mass is 35.5. The van der Waals surface area contributed by atoms with E-state index in [1.807, 2.05) is 32.4 Å². The van der Waals surface area contributed by atoms with Crippen molar-refractivity contribution in [2.24, 2.45) is 7.05 Å². The van der Waals surface area contributed by atoms with Crippen LogP contribution in [0.15, 0.2) is 30.6 Å². The molecule has 2 aromatic rings. The molecule has 0 aliphatic rings. The van der Waals surface area contributed by atoms with Crippen molar-refractivity contribution in [3.05, 3.63) is 52.6 Å². The van der Waals surface area contributed by atoms with Crippen LogP contribution in [-0.2, 0) is 13.5 Å². The maximum Gasteiger partial charge on any atom is 0.110 e. The SMILES string of the molecule is CCCNC(Cc1nccn1C)c1cccc(C)c1Cl. The number of aromatic nitrogens is 2. The zero-order chi connectivity index (χ0) is 14.5. The van der Waals surface area contributed by atoms with Gasteiger partial charge < -0.3 is 9.88 Å². The topological polar surface area (TPSA) is 29.9 Å². The molecule has 108 valence electrons. The molecule has 0 aliphatic heterocycles. The largest absolute Gasteiger partial charge is 0.338 e. The number of imidazole rings is 1. The van der Waals surface area contributed by atoms with Gasteiger partial charge in [-0.1, -0.05) is 36.7 Å². The molecule has 0 saturated heterocycles. The first-order valence-electron chi connectivity index (χ1n) is 7.08. The maximum absolute atomic E-state index is 6.48. The molecule has 1 heterocycles. The quantitative estimate of drug-likeness (QED) is 0.880. The van der Waals surface area contributed by atoms with Crippen molar-refractivity contribution >= 4 is 11.6 Å². The van der Waals surface area contributed by atoms with Gasteiger partial charge in [0.1, 0.15) is 5.82 Å². The molecular weight excluding hydrogens is 270 g/mol. The molecule has 1 unspecified atom stereocenters. The molecule has 0 spiro atoms. The van der Waals surface area contributed by atoms with Crippen molar-refractivity contribution in [1.82, 2.24) is 14.9 Å². The second-order valence-corrected chi connectivity index (χ2v) is 5.52. The summed E-state index contributed by atoms with van der Waals surface area (Å²) in [5, 5.41) is 4.44. The Balaban J connectivity index is 2.27. The molecule has 3 nitrogen and oxygen atoms in total. The standard InChI is InChI=1S/C16H22ClN3/c1-4-8-18-14(11-15-19-9-10-20(15)3)13-7-5-6-12(2)16(13)17/h5-7,9-10,14,18H,4,8,11H2,1-3H3. The van der Waals surface area contributed by atoms with Gasteiger partial charge in [-0.15, -0.1) is 0 Å². The minimum absolute atomic E-state index is 0.198. The number of rotatable bonds is 6. The van der Waals surface area contributed by atoms with Crippen molar-refractivity contribution in [3.63, 3.8) is 0 Å². The number of aryl methyl sites for hydroxylation is 2. The third-order valence-electron chi connectivity index (χ3n) is 3.55. The molecule has 0 saturated carbocycles. The van der Waals surface area contributed by atoms with Gasteiger partial charge in [0.15, 0.2) is 0 Å². The van der Waals surface area contributed by atoms with Crippen LogP contribution in [0.1, 0.15) is 36.3 Å². The second kappa shape index (κ2) is 6.91. The van der Waals surface area contributed by atoms with E-state index in [0.29, 0.717) is 0 Å². The number of hydrogen-bond acceptors (Lipinski definition) is 2. The van der Waals surface area contributed by atoms with Gasteiger partial charge in [-0.05, 0) is 31.0 Å². The van der Waals surface area contributed by atoms with E-state index in [0.717, 1.165) is 41.4 Å². The summed E-state index contributed by atoms with van der Waals surface area (Å²) >= 11 is 6.48. The molecule has 1 aromatic heterocycles. The average molecular weight is 292 g/mol. The van der Waals surface area contributed by atoms with Crippen LogP contribution >= 0.6 is 11.6 Å². The lowest BCUT2D eigenvalue weighted by Crippen LogP contribution is -2.25. The van der Waals surface area contributed by atoms with Gasteiger partial charge >= 0.3 is 0 Å². The van der Waals surface area contributed by atoms with Crippen LogP contribution in [0.25, 0.3) is 0 Å². The lowest BCUT2D eigenvalue weighted by atomic mass is 10.0. The van der Waals surface area contributed by atoms with Crippen molar-refractivity contribution in [2.45, 2.75) is 32.7 Å². The second-order valence-electron chi connectivity index (χ2n) is 5.14. The minimum atomic E-state index is 0.198. The van der Waals surface area contributed by atoms with Crippen LogP contribution in [0, 0.1) is 6.92 Å². The van der Waals surface area contributed by atoms with E-state index in [9.17, 15) is 0 Å². The summed E-state index contributed by atoms with van der Waals surface area (Å²) in [6.45, 7) is 5.19. The molecule has 1 N–H and O–H groups in total. The van der Waals surface area contributed by atoms with Gasteiger partial charge in [-0.3, -0.25) is 0 Å². The Kier molecular flexibility index (Phi) is 5.21. The van der Waals surface area contributed by atoms with Crippen molar-refractivity contribution in [2.75, 3.05) is 6.54 Å². The number of benzene rings is 1. The van der Waals surface area contributed by atoms with Crippen LogP contribution in [0.4, 0.5) is 0 Å². The molecule has 0 amide bonds. The monoisotopic (exact) mass is 291 g/mol. The summed E-state index contributed by atoms with van der Waals surface area (Å²) in [4.78, 5) is 4.42. The minimum Gasteiger partial charge on any atom is -0.338 e. The third-order valence-corrected chi connectivity index (χ3v) is 4.06. The molecule has 2 rings (SSSR count). The molecule has 20 heavy (non-hydrogen) atoms. The van der Waals surface area contributed by atoms with Gasteiger partial charge in [0.2, 0.25) is 0 Å². The summed E-state index contributed by atoms with van der Waals surface area (Å²) < 4.78 is 2.06. The Morgan fingerprint density at radius 3 is 2.85 bits per heavy atom. The maximum atomic E-state index is 6.48. The molecule has 4 heteroatoms. The van der Waals surface area contributed by atoms with Crippen LogP contribution in [0.3, 0.4) is 0 Å². The van der Waals surface area contributed by atoms with Gasteiger partial charge in [0.05, 0.1) is 0 Å². The Bertz CT molecular complexity index is 563. The Morgan fingerprint density at radius 2 is 2.20 bits per heavy atom. The van der Waals surface area contributed by atoms with Crippen molar-refractivity contribution in [1.29, 1.82) is 0 Å². The Hall–Kier alpha value is -1.32. The van der Waals surface area contributed by atoms with E-state index in [1.54, 1.807) is 0 Å². The summed E-state index contributed by atoms with van der Waals surface area (Å²) in [5.74, 6) is 1.07. The highest BCUT2D eigenvalue weighted by Crippen LogP contribution is 2.28. The highest BCUT2D eigenvalue weighted by Gasteiger charge is 2.17. The fourth-order valence-electron chi connectivity index (χ4n) is 2.33. The summed E-state index contributed by atoms with van der Waals surface area (Å²) in [7, 11) is 2.02. The first-order valence-corrected chi connectivity index (χ1v) is 7.45.